The molecule has 0 aliphatic carbocycles. The highest BCUT2D eigenvalue weighted by atomic mass is 79.9. The summed E-state index contributed by atoms with van der Waals surface area (Å²) >= 11 is 3.31. The molecule has 2 fully saturated rings. The van der Waals surface area contributed by atoms with Crippen LogP contribution in [0.4, 0.5) is 0 Å². The summed E-state index contributed by atoms with van der Waals surface area (Å²) in [6, 6.07) is 13.3. The maximum absolute atomic E-state index is 13.0. The molecule has 4 rings (SSSR count). The smallest absolute Gasteiger partial charge is 0.243 e. The van der Waals surface area contributed by atoms with Crippen molar-refractivity contribution in [2.75, 3.05) is 32.7 Å². The third-order valence-electron chi connectivity index (χ3n) is 6.55. The predicted molar refractivity (Wildman–Crippen MR) is 137 cm³/mol. The first kappa shape index (κ1) is 26.3. The average molecular weight is 585 g/mol. The number of amides is 1. The van der Waals surface area contributed by atoms with E-state index < -0.39 is 26.0 Å². The second kappa shape index (κ2) is 11.1. The van der Waals surface area contributed by atoms with Gasteiger partial charge in [0.2, 0.25) is 26.0 Å². The Labute approximate surface area is 215 Å². The molecule has 2 aromatic rings. The Hall–Kier alpha value is -1.79. The number of rotatable bonds is 8. The highest BCUT2D eigenvalue weighted by Crippen LogP contribution is 2.25. The van der Waals surface area contributed by atoms with E-state index in [4.69, 9.17) is 0 Å². The van der Waals surface area contributed by atoms with Gasteiger partial charge in [-0.2, -0.15) is 8.61 Å². The first-order chi connectivity index (χ1) is 16.7. The summed E-state index contributed by atoms with van der Waals surface area (Å²) in [4.78, 5) is 13.3. The molecule has 2 aromatic carbocycles. The topological polar surface area (TPSA) is 104 Å². The van der Waals surface area contributed by atoms with Crippen LogP contribution in [-0.4, -0.2) is 64.1 Å². The summed E-state index contributed by atoms with van der Waals surface area (Å²) in [5.74, 6) is -0.559. The lowest BCUT2D eigenvalue weighted by molar-refractivity contribution is -0.126. The minimum absolute atomic E-state index is 0.158. The van der Waals surface area contributed by atoms with Crippen molar-refractivity contribution in [1.29, 1.82) is 0 Å². The van der Waals surface area contributed by atoms with Gasteiger partial charge in [-0.15, -0.1) is 0 Å². The van der Waals surface area contributed by atoms with Gasteiger partial charge in [-0.05, 0) is 74.1 Å². The lowest BCUT2D eigenvalue weighted by Gasteiger charge is -2.31. The fraction of sp³-hybridized carbons (Fsp3) is 0.458. The van der Waals surface area contributed by atoms with Gasteiger partial charge in [-0.25, -0.2) is 16.8 Å². The van der Waals surface area contributed by atoms with Crippen LogP contribution < -0.4 is 5.32 Å². The molecule has 1 atom stereocenters. The second-order valence-corrected chi connectivity index (χ2v) is 13.7. The summed E-state index contributed by atoms with van der Waals surface area (Å²) in [5, 5.41) is 2.92. The highest BCUT2D eigenvalue weighted by Gasteiger charge is 2.33. The Balaban J connectivity index is 1.29. The van der Waals surface area contributed by atoms with E-state index in [0.29, 0.717) is 50.3 Å². The lowest BCUT2D eigenvalue weighted by atomic mass is 9.99. The largest absolute Gasteiger partial charge is 0.355 e. The minimum Gasteiger partial charge on any atom is -0.355 e. The molecule has 2 heterocycles. The molecule has 0 aromatic heterocycles. The fourth-order valence-corrected chi connectivity index (χ4v) is 7.82. The van der Waals surface area contributed by atoms with Crippen molar-refractivity contribution >= 4 is 41.9 Å². The summed E-state index contributed by atoms with van der Waals surface area (Å²) < 4.78 is 55.0. The Bertz CT molecular complexity index is 1240. The number of carbonyl (C=O) groups excluding carboxylic acids is 1. The van der Waals surface area contributed by atoms with E-state index in [1.54, 1.807) is 48.5 Å². The third kappa shape index (κ3) is 6.14. The standard InChI is InChI=1S/C24H30BrN3O5S2/c25-21-7-11-23(12-8-21)35(32,33)28-17-3-4-20(18-28)24(29)26-14-13-19-5-9-22(10-6-19)34(30,31)27-15-1-2-16-27/h5-12,20H,1-4,13-18H2,(H,26,29)/t20-/m0/s1. The first-order valence-corrected chi connectivity index (χ1v) is 15.5. The fourth-order valence-electron chi connectivity index (χ4n) is 4.51. The molecule has 11 heteroatoms. The van der Waals surface area contributed by atoms with Gasteiger partial charge in [0.1, 0.15) is 0 Å². The summed E-state index contributed by atoms with van der Waals surface area (Å²) in [6.07, 6.45) is 3.61. The number of halogens is 1. The van der Waals surface area contributed by atoms with Crippen molar-refractivity contribution in [3.63, 3.8) is 0 Å². The van der Waals surface area contributed by atoms with Crippen molar-refractivity contribution < 1.29 is 21.6 Å². The van der Waals surface area contributed by atoms with Crippen LogP contribution in [0.2, 0.25) is 0 Å². The average Bonchev–Trinajstić information content (AvgIpc) is 3.41. The monoisotopic (exact) mass is 583 g/mol. The van der Waals surface area contributed by atoms with Crippen molar-refractivity contribution in [1.82, 2.24) is 13.9 Å². The molecule has 2 saturated heterocycles. The number of piperidine rings is 1. The normalized spacial score (nSPS) is 20.1. The number of benzene rings is 2. The number of sulfonamides is 2. The summed E-state index contributed by atoms with van der Waals surface area (Å²) in [7, 11) is -7.09. The molecule has 0 radical (unpaired) electrons. The van der Waals surface area contributed by atoms with Crippen LogP contribution >= 0.6 is 15.9 Å². The molecule has 1 N–H and O–H groups in total. The Morgan fingerprint density at radius 1 is 0.829 bits per heavy atom. The Kier molecular flexibility index (Phi) is 8.32. The van der Waals surface area contributed by atoms with Crippen molar-refractivity contribution in [2.24, 2.45) is 5.92 Å². The third-order valence-corrected chi connectivity index (χ3v) is 10.9. The van der Waals surface area contributed by atoms with Crippen LogP contribution in [0.1, 0.15) is 31.2 Å². The van der Waals surface area contributed by atoms with Crippen molar-refractivity contribution in [3.05, 3.63) is 58.6 Å². The van der Waals surface area contributed by atoms with E-state index in [1.165, 1.54) is 8.61 Å². The number of nitrogens with one attached hydrogen (secondary N) is 1. The van der Waals surface area contributed by atoms with Crippen molar-refractivity contribution in [2.45, 2.75) is 41.9 Å². The Morgan fingerprint density at radius 3 is 2.00 bits per heavy atom. The quantitative estimate of drug-likeness (QED) is 0.514. The molecule has 0 saturated carbocycles. The Morgan fingerprint density at radius 2 is 1.37 bits per heavy atom. The van der Waals surface area contributed by atoms with E-state index in [1.807, 2.05) is 0 Å². The van der Waals surface area contributed by atoms with E-state index >= 15 is 0 Å². The van der Waals surface area contributed by atoms with Crippen LogP contribution in [0.5, 0.6) is 0 Å². The predicted octanol–water partition coefficient (Wildman–Crippen LogP) is 2.99. The number of nitrogens with zero attached hydrogens (tertiary/aromatic N) is 2. The molecule has 0 unspecified atom stereocenters. The number of hydrogen-bond donors (Lipinski definition) is 1. The van der Waals surface area contributed by atoms with Gasteiger partial charge in [0, 0.05) is 37.2 Å². The maximum Gasteiger partial charge on any atom is 0.243 e. The molecule has 8 nitrogen and oxygen atoms in total. The van der Waals surface area contributed by atoms with Gasteiger partial charge >= 0.3 is 0 Å². The zero-order chi connectivity index (χ0) is 25.1. The molecule has 0 spiro atoms. The second-order valence-electron chi connectivity index (χ2n) is 8.95. The van der Waals surface area contributed by atoms with E-state index in [0.717, 1.165) is 22.9 Å². The molecule has 0 bridgehead atoms. The van der Waals surface area contributed by atoms with Crippen LogP contribution in [-0.2, 0) is 31.3 Å². The molecule has 35 heavy (non-hydrogen) atoms. The zero-order valence-electron chi connectivity index (χ0n) is 19.4. The zero-order valence-corrected chi connectivity index (χ0v) is 22.6. The van der Waals surface area contributed by atoms with Gasteiger partial charge in [0.05, 0.1) is 15.7 Å². The van der Waals surface area contributed by atoms with E-state index in [-0.39, 0.29) is 17.3 Å². The number of carbonyl (C=O) groups is 1. The maximum atomic E-state index is 13.0. The molecule has 190 valence electrons. The SMILES string of the molecule is O=C(NCCc1ccc(S(=O)(=O)N2CCCC2)cc1)[C@H]1CCCN(S(=O)(=O)c2ccc(Br)cc2)C1. The molecule has 2 aliphatic heterocycles. The van der Waals surface area contributed by atoms with E-state index in [9.17, 15) is 21.6 Å². The molecular weight excluding hydrogens is 554 g/mol. The molecular formula is C24H30BrN3O5S2. The van der Waals surface area contributed by atoms with Gasteiger partial charge in [-0.1, -0.05) is 28.1 Å². The highest BCUT2D eigenvalue weighted by molar-refractivity contribution is 9.10. The van der Waals surface area contributed by atoms with Gasteiger partial charge < -0.3 is 5.32 Å². The van der Waals surface area contributed by atoms with Crippen LogP contribution in [0.25, 0.3) is 0 Å². The molecule has 1 amide bonds. The molecule has 2 aliphatic rings. The van der Waals surface area contributed by atoms with Crippen LogP contribution in [0.3, 0.4) is 0 Å². The first-order valence-electron chi connectivity index (χ1n) is 11.8. The van der Waals surface area contributed by atoms with E-state index in [2.05, 4.69) is 21.2 Å². The summed E-state index contributed by atoms with van der Waals surface area (Å²) in [5.41, 5.74) is 0.925. The van der Waals surface area contributed by atoms with Gasteiger partial charge in [0.15, 0.2) is 0 Å². The summed E-state index contributed by atoms with van der Waals surface area (Å²) in [6.45, 7) is 2.09. The van der Waals surface area contributed by atoms with Crippen molar-refractivity contribution in [3.8, 4) is 0 Å². The van der Waals surface area contributed by atoms with Crippen LogP contribution in [0, 0.1) is 5.92 Å². The minimum atomic E-state index is -3.65. The lowest BCUT2D eigenvalue weighted by Crippen LogP contribution is -2.45. The van der Waals surface area contributed by atoms with Crippen LogP contribution in [0.15, 0.2) is 62.8 Å². The van der Waals surface area contributed by atoms with Gasteiger partial charge in [-0.3, -0.25) is 4.79 Å². The van der Waals surface area contributed by atoms with Gasteiger partial charge in [0.25, 0.3) is 0 Å². The number of hydrogen-bond acceptors (Lipinski definition) is 5.